The number of carbonyl (C=O) groups is 1. The average molecular weight is 368 g/mol. The van der Waals surface area contributed by atoms with E-state index in [1.54, 1.807) is 12.1 Å². The molecule has 0 atom stereocenters. The van der Waals surface area contributed by atoms with Crippen LogP contribution in [0.2, 0.25) is 0 Å². The van der Waals surface area contributed by atoms with Crippen molar-refractivity contribution >= 4 is 27.8 Å². The molecule has 2 aromatic rings. The summed E-state index contributed by atoms with van der Waals surface area (Å²) in [4.78, 5) is 20.3. The minimum Gasteiger partial charge on any atom is -0.493 e. The lowest BCUT2D eigenvalue weighted by molar-refractivity contribution is 0.102. The zero-order valence-electron chi connectivity index (χ0n) is 12.2. The Kier molecular flexibility index (Phi) is 5.16. The van der Waals surface area contributed by atoms with Gasteiger partial charge in [-0.1, -0.05) is 0 Å². The molecule has 0 bridgehead atoms. The summed E-state index contributed by atoms with van der Waals surface area (Å²) < 4.78 is 16.4. The maximum atomic E-state index is 12.3. The van der Waals surface area contributed by atoms with Crippen LogP contribution in [-0.4, -0.2) is 37.2 Å². The Morgan fingerprint density at radius 3 is 2.05 bits per heavy atom. The molecule has 0 saturated heterocycles. The van der Waals surface area contributed by atoms with Crippen molar-refractivity contribution in [2.75, 3.05) is 26.6 Å². The van der Waals surface area contributed by atoms with Crippen molar-refractivity contribution in [3.63, 3.8) is 0 Å². The largest absolute Gasteiger partial charge is 0.493 e. The Labute approximate surface area is 135 Å². The molecule has 1 N–H and O–H groups in total. The molecule has 0 unspecified atom stereocenters. The minimum absolute atomic E-state index is 0.196. The molecule has 1 heterocycles. The van der Waals surface area contributed by atoms with Gasteiger partial charge in [0.15, 0.2) is 11.5 Å². The molecule has 0 spiro atoms. The molecule has 116 valence electrons. The van der Waals surface area contributed by atoms with Gasteiger partial charge < -0.3 is 14.2 Å². The van der Waals surface area contributed by atoms with Crippen LogP contribution in [0, 0.1) is 0 Å². The predicted octanol–water partition coefficient (Wildman–Crippen LogP) is 2.52. The molecular weight excluding hydrogens is 354 g/mol. The van der Waals surface area contributed by atoms with Gasteiger partial charge in [-0.15, -0.1) is 0 Å². The molecule has 1 amide bonds. The van der Waals surface area contributed by atoms with Crippen LogP contribution in [0.25, 0.3) is 0 Å². The molecule has 7 nitrogen and oxygen atoms in total. The van der Waals surface area contributed by atoms with Crippen LogP contribution in [0.3, 0.4) is 0 Å². The lowest BCUT2D eigenvalue weighted by Gasteiger charge is -2.13. The molecular formula is C14H14BrN3O4. The molecule has 22 heavy (non-hydrogen) atoms. The number of anilines is 1. The van der Waals surface area contributed by atoms with Crippen LogP contribution in [0.4, 0.5) is 5.95 Å². The lowest BCUT2D eigenvalue weighted by atomic mass is 10.1. The Balaban J connectivity index is 2.31. The van der Waals surface area contributed by atoms with E-state index in [-0.39, 0.29) is 11.9 Å². The smallest absolute Gasteiger partial charge is 0.258 e. The van der Waals surface area contributed by atoms with E-state index in [9.17, 15) is 4.79 Å². The molecule has 0 radical (unpaired) electrons. The highest BCUT2D eigenvalue weighted by molar-refractivity contribution is 9.10. The first kappa shape index (κ1) is 16.0. The monoisotopic (exact) mass is 367 g/mol. The Bertz CT molecular complexity index is 651. The van der Waals surface area contributed by atoms with E-state index in [1.165, 1.54) is 33.7 Å². The standard InChI is InChI=1S/C14H14BrN3O4/c1-20-10-4-8(5-11(21-2)12(10)22-3)13(19)18-14-16-6-9(15)7-17-14/h4-7H,1-3H3,(H,16,17,18,19). The number of nitrogens with zero attached hydrogens (tertiary/aromatic N) is 2. The van der Waals surface area contributed by atoms with E-state index in [1.807, 2.05) is 0 Å². The number of hydrogen-bond donors (Lipinski definition) is 1. The van der Waals surface area contributed by atoms with E-state index in [4.69, 9.17) is 14.2 Å². The third-order valence-electron chi connectivity index (χ3n) is 2.77. The molecule has 2 rings (SSSR count). The van der Waals surface area contributed by atoms with Gasteiger partial charge in [-0.25, -0.2) is 9.97 Å². The number of amides is 1. The molecule has 0 aliphatic carbocycles. The summed E-state index contributed by atoms with van der Waals surface area (Å²) in [5.41, 5.74) is 0.334. The number of carbonyl (C=O) groups excluding carboxylic acids is 1. The number of halogens is 1. The third kappa shape index (κ3) is 3.45. The van der Waals surface area contributed by atoms with Gasteiger partial charge in [-0.3, -0.25) is 10.1 Å². The molecule has 0 aliphatic rings. The van der Waals surface area contributed by atoms with E-state index < -0.39 is 0 Å². The Hall–Kier alpha value is -2.35. The Morgan fingerprint density at radius 2 is 1.59 bits per heavy atom. The molecule has 8 heteroatoms. The van der Waals surface area contributed by atoms with Gasteiger partial charge in [0.1, 0.15) is 0 Å². The quantitative estimate of drug-likeness (QED) is 0.873. The van der Waals surface area contributed by atoms with Crippen LogP contribution in [-0.2, 0) is 0 Å². The van der Waals surface area contributed by atoms with Gasteiger partial charge >= 0.3 is 0 Å². The van der Waals surface area contributed by atoms with E-state index >= 15 is 0 Å². The number of rotatable bonds is 5. The number of aromatic nitrogens is 2. The van der Waals surface area contributed by atoms with Crippen LogP contribution in [0.15, 0.2) is 29.0 Å². The summed E-state index contributed by atoms with van der Waals surface area (Å²) in [6.45, 7) is 0. The first-order valence-corrected chi connectivity index (χ1v) is 6.97. The minimum atomic E-state index is -0.387. The molecule has 1 aromatic carbocycles. The van der Waals surface area contributed by atoms with Crippen molar-refractivity contribution in [3.8, 4) is 17.2 Å². The highest BCUT2D eigenvalue weighted by Gasteiger charge is 2.17. The third-order valence-corrected chi connectivity index (χ3v) is 3.18. The van der Waals surface area contributed by atoms with Crippen LogP contribution in [0.1, 0.15) is 10.4 Å². The van der Waals surface area contributed by atoms with Gasteiger partial charge in [-0.2, -0.15) is 0 Å². The topological polar surface area (TPSA) is 82.6 Å². The predicted molar refractivity (Wildman–Crippen MR) is 83.8 cm³/mol. The zero-order valence-corrected chi connectivity index (χ0v) is 13.8. The fourth-order valence-electron chi connectivity index (χ4n) is 1.76. The number of nitrogens with one attached hydrogen (secondary N) is 1. The lowest BCUT2D eigenvalue weighted by Crippen LogP contribution is -2.14. The zero-order chi connectivity index (χ0) is 16.1. The van der Waals surface area contributed by atoms with Crippen molar-refractivity contribution in [2.45, 2.75) is 0 Å². The summed E-state index contributed by atoms with van der Waals surface area (Å²) >= 11 is 3.23. The van der Waals surface area contributed by atoms with Gasteiger partial charge in [0, 0.05) is 18.0 Å². The number of benzene rings is 1. The normalized spacial score (nSPS) is 10.0. The van der Waals surface area contributed by atoms with Crippen LogP contribution >= 0.6 is 15.9 Å². The van der Waals surface area contributed by atoms with E-state index in [2.05, 4.69) is 31.2 Å². The maximum Gasteiger partial charge on any atom is 0.258 e. The number of methoxy groups -OCH3 is 3. The van der Waals surface area contributed by atoms with E-state index in [0.717, 1.165) is 4.47 Å². The maximum absolute atomic E-state index is 12.3. The summed E-state index contributed by atoms with van der Waals surface area (Å²) in [7, 11) is 4.46. The number of hydrogen-bond acceptors (Lipinski definition) is 6. The molecule has 1 aromatic heterocycles. The first-order chi connectivity index (χ1) is 10.6. The summed E-state index contributed by atoms with van der Waals surface area (Å²) in [6.07, 6.45) is 3.08. The highest BCUT2D eigenvalue weighted by Crippen LogP contribution is 2.38. The second-order valence-electron chi connectivity index (χ2n) is 4.09. The van der Waals surface area contributed by atoms with Crippen molar-refractivity contribution in [1.29, 1.82) is 0 Å². The van der Waals surface area contributed by atoms with Gasteiger partial charge in [0.25, 0.3) is 5.91 Å². The van der Waals surface area contributed by atoms with Crippen molar-refractivity contribution < 1.29 is 19.0 Å². The fraction of sp³-hybridized carbons (Fsp3) is 0.214. The number of ether oxygens (including phenoxy) is 3. The van der Waals surface area contributed by atoms with Crippen LogP contribution < -0.4 is 19.5 Å². The molecule has 0 fully saturated rings. The fourth-order valence-corrected chi connectivity index (χ4v) is 1.97. The first-order valence-electron chi connectivity index (χ1n) is 6.18. The van der Waals surface area contributed by atoms with Gasteiger partial charge in [0.05, 0.1) is 25.8 Å². The summed E-state index contributed by atoms with van der Waals surface area (Å²) in [5, 5.41) is 2.59. The van der Waals surface area contributed by atoms with Gasteiger partial charge in [0.2, 0.25) is 11.7 Å². The van der Waals surface area contributed by atoms with E-state index in [0.29, 0.717) is 22.8 Å². The van der Waals surface area contributed by atoms with Crippen LogP contribution in [0.5, 0.6) is 17.2 Å². The van der Waals surface area contributed by atoms with Crippen molar-refractivity contribution in [1.82, 2.24) is 9.97 Å². The summed E-state index contributed by atoms with van der Waals surface area (Å²) in [6, 6.07) is 3.10. The highest BCUT2D eigenvalue weighted by atomic mass is 79.9. The SMILES string of the molecule is COc1cc(C(=O)Nc2ncc(Br)cn2)cc(OC)c1OC. The summed E-state index contributed by atoms with van der Waals surface area (Å²) in [5.74, 6) is 1.01. The average Bonchev–Trinajstić information content (AvgIpc) is 2.55. The molecule has 0 aliphatic heterocycles. The Morgan fingerprint density at radius 1 is 1.05 bits per heavy atom. The van der Waals surface area contributed by atoms with Gasteiger partial charge in [-0.05, 0) is 28.1 Å². The second-order valence-corrected chi connectivity index (χ2v) is 5.01. The van der Waals surface area contributed by atoms with Crippen molar-refractivity contribution in [3.05, 3.63) is 34.6 Å². The molecule has 0 saturated carbocycles. The second kappa shape index (κ2) is 7.08. The van der Waals surface area contributed by atoms with Crippen molar-refractivity contribution in [2.24, 2.45) is 0 Å².